The number of H-pyrrole nitrogens is 1. The first-order valence-electron chi connectivity index (χ1n) is 6.31. The van der Waals surface area contributed by atoms with E-state index in [1.54, 1.807) is 6.20 Å². The smallest absolute Gasteiger partial charge is 0.310 e. The van der Waals surface area contributed by atoms with E-state index in [0.717, 1.165) is 5.69 Å². The third-order valence-corrected chi connectivity index (χ3v) is 3.60. The van der Waals surface area contributed by atoms with Crippen molar-refractivity contribution in [2.24, 2.45) is 5.41 Å². The third-order valence-electron chi connectivity index (χ3n) is 3.60. The van der Waals surface area contributed by atoms with Crippen LogP contribution in [0.3, 0.4) is 0 Å². The highest BCUT2D eigenvalue weighted by Crippen LogP contribution is 2.31. The summed E-state index contributed by atoms with van der Waals surface area (Å²) in [7, 11) is 0. The van der Waals surface area contributed by atoms with Crippen LogP contribution < -0.4 is 0 Å². The van der Waals surface area contributed by atoms with Crippen molar-refractivity contribution in [1.82, 2.24) is 15.1 Å². The molecule has 0 amide bonds. The van der Waals surface area contributed by atoms with Gasteiger partial charge in [-0.2, -0.15) is 4.98 Å². The van der Waals surface area contributed by atoms with Crippen molar-refractivity contribution in [2.45, 2.75) is 33.1 Å². The van der Waals surface area contributed by atoms with E-state index in [4.69, 9.17) is 4.52 Å². The maximum Gasteiger partial charge on any atom is 0.310 e. The standard InChI is InChI=1S/C13H17N3O3/c1-3-13(4-2,12(17)18)8-10-15-11(16-19-10)9-6-5-7-14-9/h5-7,14H,3-4,8H2,1-2H3,(H,17,18). The van der Waals surface area contributed by atoms with Crippen LogP contribution in [0.25, 0.3) is 11.5 Å². The minimum Gasteiger partial charge on any atom is -0.481 e. The minimum absolute atomic E-state index is 0.253. The first-order chi connectivity index (χ1) is 9.11. The molecule has 6 nitrogen and oxygen atoms in total. The van der Waals surface area contributed by atoms with Crippen molar-refractivity contribution in [1.29, 1.82) is 0 Å². The van der Waals surface area contributed by atoms with Crippen LogP contribution in [-0.2, 0) is 11.2 Å². The molecule has 0 fully saturated rings. The molecule has 0 saturated heterocycles. The highest BCUT2D eigenvalue weighted by molar-refractivity contribution is 5.74. The maximum absolute atomic E-state index is 11.4. The van der Waals surface area contributed by atoms with Crippen LogP contribution in [0.5, 0.6) is 0 Å². The van der Waals surface area contributed by atoms with Gasteiger partial charge in [0.2, 0.25) is 11.7 Å². The summed E-state index contributed by atoms with van der Waals surface area (Å²) in [5.74, 6) is -0.0145. The molecular weight excluding hydrogens is 246 g/mol. The van der Waals surface area contributed by atoms with E-state index in [9.17, 15) is 9.90 Å². The molecule has 0 saturated carbocycles. The molecule has 0 spiro atoms. The molecule has 0 bridgehead atoms. The Morgan fingerprint density at radius 3 is 2.74 bits per heavy atom. The Hall–Kier alpha value is -2.11. The molecule has 2 aromatic rings. The van der Waals surface area contributed by atoms with Gasteiger partial charge < -0.3 is 14.6 Å². The van der Waals surface area contributed by atoms with E-state index < -0.39 is 11.4 Å². The van der Waals surface area contributed by atoms with Gasteiger partial charge in [-0.25, -0.2) is 0 Å². The summed E-state index contributed by atoms with van der Waals surface area (Å²) in [5, 5.41) is 13.2. The van der Waals surface area contributed by atoms with Gasteiger partial charge in [0.05, 0.1) is 11.1 Å². The fraction of sp³-hybridized carbons (Fsp3) is 0.462. The quantitative estimate of drug-likeness (QED) is 0.835. The van der Waals surface area contributed by atoms with Crippen LogP contribution in [0.1, 0.15) is 32.6 Å². The third kappa shape index (κ3) is 2.52. The summed E-state index contributed by atoms with van der Waals surface area (Å²) >= 11 is 0. The number of aromatic nitrogens is 3. The zero-order chi connectivity index (χ0) is 13.9. The maximum atomic E-state index is 11.4. The first-order valence-corrected chi connectivity index (χ1v) is 6.31. The van der Waals surface area contributed by atoms with Gasteiger partial charge in [-0.15, -0.1) is 0 Å². The number of nitrogens with one attached hydrogen (secondary N) is 1. The molecule has 0 aromatic carbocycles. The molecule has 0 atom stereocenters. The van der Waals surface area contributed by atoms with E-state index in [0.29, 0.717) is 24.6 Å². The lowest BCUT2D eigenvalue weighted by Crippen LogP contribution is -2.32. The molecule has 2 aromatic heterocycles. The number of hydrogen-bond donors (Lipinski definition) is 2. The van der Waals surface area contributed by atoms with Crippen molar-refractivity contribution in [2.75, 3.05) is 0 Å². The number of carbonyl (C=O) groups is 1. The van der Waals surface area contributed by atoms with Crippen molar-refractivity contribution in [3.8, 4) is 11.5 Å². The highest BCUT2D eigenvalue weighted by atomic mass is 16.5. The Kier molecular flexibility index (Phi) is 3.69. The van der Waals surface area contributed by atoms with Crippen molar-refractivity contribution in [3.63, 3.8) is 0 Å². The van der Waals surface area contributed by atoms with Crippen molar-refractivity contribution < 1.29 is 14.4 Å². The molecule has 6 heteroatoms. The van der Waals surface area contributed by atoms with Crippen LogP contribution in [0.2, 0.25) is 0 Å². The van der Waals surface area contributed by atoms with Gasteiger partial charge in [-0.1, -0.05) is 19.0 Å². The van der Waals surface area contributed by atoms with E-state index in [1.165, 1.54) is 0 Å². The topological polar surface area (TPSA) is 92.0 Å². The Morgan fingerprint density at radius 2 is 2.21 bits per heavy atom. The number of aromatic amines is 1. The Labute approximate surface area is 110 Å². The largest absolute Gasteiger partial charge is 0.481 e. The van der Waals surface area contributed by atoms with Gasteiger partial charge in [0.15, 0.2) is 0 Å². The molecule has 0 aliphatic carbocycles. The van der Waals surface area contributed by atoms with Crippen LogP contribution in [0, 0.1) is 5.41 Å². The van der Waals surface area contributed by atoms with E-state index in [2.05, 4.69) is 15.1 Å². The lowest BCUT2D eigenvalue weighted by molar-refractivity contribution is -0.149. The molecular formula is C13H17N3O3. The summed E-state index contributed by atoms with van der Waals surface area (Å²) in [5.41, 5.74) is -0.0802. The molecule has 102 valence electrons. The number of carboxylic acid groups (broad SMARTS) is 1. The van der Waals surface area contributed by atoms with Crippen LogP contribution in [-0.4, -0.2) is 26.2 Å². The molecule has 0 aliphatic rings. The molecule has 0 radical (unpaired) electrons. The normalized spacial score (nSPS) is 11.7. The summed E-state index contributed by atoms with van der Waals surface area (Å²) < 4.78 is 5.15. The average molecular weight is 263 g/mol. The number of nitrogens with zero attached hydrogens (tertiary/aromatic N) is 2. The van der Waals surface area contributed by atoms with Gasteiger partial charge in [0.1, 0.15) is 0 Å². The second-order valence-electron chi connectivity index (χ2n) is 4.56. The Bertz CT molecular complexity index is 541. The van der Waals surface area contributed by atoms with Gasteiger partial charge in [0, 0.05) is 12.6 Å². The Balaban J connectivity index is 2.22. The van der Waals surface area contributed by atoms with E-state index >= 15 is 0 Å². The highest BCUT2D eigenvalue weighted by Gasteiger charge is 2.37. The zero-order valence-electron chi connectivity index (χ0n) is 11.0. The van der Waals surface area contributed by atoms with E-state index in [1.807, 2.05) is 26.0 Å². The predicted octanol–water partition coefficient (Wildman–Crippen LogP) is 2.50. The van der Waals surface area contributed by atoms with E-state index in [-0.39, 0.29) is 6.42 Å². The first kappa shape index (κ1) is 13.3. The second kappa shape index (κ2) is 5.26. The minimum atomic E-state index is -0.834. The van der Waals surface area contributed by atoms with Crippen LogP contribution in [0.4, 0.5) is 0 Å². The van der Waals surface area contributed by atoms with Crippen molar-refractivity contribution >= 4 is 5.97 Å². The van der Waals surface area contributed by atoms with Gasteiger partial charge in [-0.3, -0.25) is 4.79 Å². The summed E-state index contributed by atoms with van der Waals surface area (Å²) in [6, 6.07) is 3.67. The molecule has 0 unspecified atom stereocenters. The number of aliphatic carboxylic acids is 1. The van der Waals surface area contributed by atoms with Crippen LogP contribution >= 0.6 is 0 Å². The van der Waals surface area contributed by atoms with Gasteiger partial charge in [-0.05, 0) is 25.0 Å². The van der Waals surface area contributed by atoms with Gasteiger partial charge in [0.25, 0.3) is 0 Å². The summed E-state index contributed by atoms with van der Waals surface area (Å²) in [4.78, 5) is 18.6. The van der Waals surface area contributed by atoms with Gasteiger partial charge >= 0.3 is 5.97 Å². The lowest BCUT2D eigenvalue weighted by Gasteiger charge is -2.24. The number of carboxylic acids is 1. The predicted molar refractivity (Wildman–Crippen MR) is 68.4 cm³/mol. The number of hydrogen-bond acceptors (Lipinski definition) is 4. The van der Waals surface area contributed by atoms with Crippen molar-refractivity contribution in [3.05, 3.63) is 24.2 Å². The second-order valence-corrected chi connectivity index (χ2v) is 4.56. The molecule has 2 N–H and O–H groups in total. The molecule has 19 heavy (non-hydrogen) atoms. The fourth-order valence-electron chi connectivity index (χ4n) is 2.07. The molecule has 2 rings (SSSR count). The average Bonchev–Trinajstić information content (AvgIpc) is 3.06. The summed E-state index contributed by atoms with van der Waals surface area (Å²) in [6.45, 7) is 3.72. The number of rotatable bonds is 6. The monoisotopic (exact) mass is 263 g/mol. The SMILES string of the molecule is CCC(CC)(Cc1nc(-c2ccc[nH]2)no1)C(=O)O. The molecule has 0 aliphatic heterocycles. The summed E-state index contributed by atoms with van der Waals surface area (Å²) in [6.07, 6.45) is 3.08. The molecule has 2 heterocycles. The lowest BCUT2D eigenvalue weighted by atomic mass is 9.79. The fourth-order valence-corrected chi connectivity index (χ4v) is 2.07. The Morgan fingerprint density at radius 1 is 1.47 bits per heavy atom. The zero-order valence-corrected chi connectivity index (χ0v) is 11.0. The van der Waals surface area contributed by atoms with Crippen LogP contribution in [0.15, 0.2) is 22.9 Å².